The molecule has 8 atom stereocenters. The van der Waals surface area contributed by atoms with Crippen molar-refractivity contribution in [1.82, 2.24) is 0 Å². The molecule has 0 bridgehead atoms. The standard InChI is InChI=1S/C29H46O2/c1-19(2)8-7-9-20(3)25-12-13-26-24-11-10-22-18-23(31-21(4)30)14-16-28(22,5)27(24)15-17-29(25,26)6/h7,9-10,19-20,23-27H,8,11-18H2,1-6H3/b9-7+/t20-,23-,24+,25-,26+,27+,28-,29-/m0/s1. The molecule has 4 aliphatic rings. The lowest BCUT2D eigenvalue weighted by Crippen LogP contribution is -2.51. The maximum atomic E-state index is 11.5. The minimum Gasteiger partial charge on any atom is -0.462 e. The van der Waals surface area contributed by atoms with Crippen molar-refractivity contribution in [1.29, 1.82) is 0 Å². The molecular weight excluding hydrogens is 380 g/mol. The minimum atomic E-state index is -0.120. The van der Waals surface area contributed by atoms with Gasteiger partial charge in [-0.1, -0.05) is 58.4 Å². The van der Waals surface area contributed by atoms with Crippen molar-refractivity contribution in [2.45, 2.75) is 105 Å². The fraction of sp³-hybridized carbons (Fsp3) is 0.828. The third kappa shape index (κ3) is 4.18. The number of allylic oxidation sites excluding steroid dienone is 3. The predicted octanol–water partition coefficient (Wildman–Crippen LogP) is 7.74. The summed E-state index contributed by atoms with van der Waals surface area (Å²) in [5, 5.41) is 0. The van der Waals surface area contributed by atoms with Crippen LogP contribution in [-0.4, -0.2) is 12.1 Å². The van der Waals surface area contributed by atoms with Gasteiger partial charge in [0, 0.05) is 13.3 Å². The highest BCUT2D eigenvalue weighted by atomic mass is 16.5. The van der Waals surface area contributed by atoms with Gasteiger partial charge in [-0.25, -0.2) is 0 Å². The second-order valence-corrected chi connectivity index (χ2v) is 12.4. The van der Waals surface area contributed by atoms with E-state index in [0.29, 0.717) is 16.7 Å². The molecule has 31 heavy (non-hydrogen) atoms. The summed E-state index contributed by atoms with van der Waals surface area (Å²) in [5.74, 6) is 4.76. The maximum Gasteiger partial charge on any atom is 0.302 e. The van der Waals surface area contributed by atoms with Crippen LogP contribution in [0.3, 0.4) is 0 Å². The smallest absolute Gasteiger partial charge is 0.302 e. The molecular formula is C29H46O2. The van der Waals surface area contributed by atoms with E-state index in [1.165, 1.54) is 44.9 Å². The molecule has 0 spiro atoms. The molecule has 0 aromatic rings. The van der Waals surface area contributed by atoms with E-state index in [1.54, 1.807) is 12.5 Å². The van der Waals surface area contributed by atoms with Crippen LogP contribution in [0.1, 0.15) is 99.3 Å². The lowest BCUT2D eigenvalue weighted by atomic mass is 9.47. The van der Waals surface area contributed by atoms with E-state index >= 15 is 0 Å². The Labute approximate surface area is 191 Å². The Hall–Kier alpha value is -1.05. The third-order valence-electron chi connectivity index (χ3n) is 10.1. The summed E-state index contributed by atoms with van der Waals surface area (Å²) < 4.78 is 5.61. The molecule has 4 aliphatic carbocycles. The Morgan fingerprint density at radius 2 is 1.90 bits per heavy atom. The van der Waals surface area contributed by atoms with Crippen LogP contribution in [-0.2, 0) is 9.53 Å². The fourth-order valence-electron chi connectivity index (χ4n) is 8.57. The highest BCUT2D eigenvalue weighted by Crippen LogP contribution is 2.67. The number of hydrogen-bond acceptors (Lipinski definition) is 2. The minimum absolute atomic E-state index is 0.108. The van der Waals surface area contributed by atoms with Crippen molar-refractivity contribution in [3.05, 3.63) is 23.8 Å². The number of esters is 1. The molecule has 3 saturated carbocycles. The van der Waals surface area contributed by atoms with Gasteiger partial charge in [0.25, 0.3) is 0 Å². The summed E-state index contributed by atoms with van der Waals surface area (Å²) in [4.78, 5) is 11.5. The van der Waals surface area contributed by atoms with E-state index < -0.39 is 0 Å². The Kier molecular flexibility index (Phi) is 6.50. The normalized spacial score (nSPS) is 43.2. The molecule has 0 aromatic heterocycles. The maximum absolute atomic E-state index is 11.5. The van der Waals surface area contributed by atoms with Crippen molar-refractivity contribution >= 4 is 5.97 Å². The molecule has 0 aliphatic heterocycles. The van der Waals surface area contributed by atoms with Gasteiger partial charge in [0.1, 0.15) is 6.10 Å². The third-order valence-corrected chi connectivity index (χ3v) is 10.1. The van der Waals surface area contributed by atoms with Gasteiger partial charge in [0.15, 0.2) is 0 Å². The molecule has 0 heterocycles. The molecule has 0 N–H and O–H groups in total. The number of ether oxygens (including phenoxy) is 1. The van der Waals surface area contributed by atoms with Gasteiger partial charge in [-0.3, -0.25) is 4.79 Å². The van der Waals surface area contributed by atoms with Crippen molar-refractivity contribution in [3.63, 3.8) is 0 Å². The molecule has 2 nitrogen and oxygen atoms in total. The molecule has 4 rings (SSSR count). The average Bonchev–Trinajstić information content (AvgIpc) is 3.05. The van der Waals surface area contributed by atoms with E-state index in [9.17, 15) is 4.79 Å². The van der Waals surface area contributed by atoms with E-state index in [-0.39, 0.29) is 12.1 Å². The van der Waals surface area contributed by atoms with Crippen LogP contribution in [0.2, 0.25) is 0 Å². The van der Waals surface area contributed by atoms with Gasteiger partial charge in [0.2, 0.25) is 0 Å². The lowest BCUT2D eigenvalue weighted by molar-refractivity contribution is -0.148. The van der Waals surface area contributed by atoms with E-state index in [4.69, 9.17) is 4.74 Å². The second kappa shape index (κ2) is 8.71. The Morgan fingerprint density at radius 3 is 2.61 bits per heavy atom. The predicted molar refractivity (Wildman–Crippen MR) is 129 cm³/mol. The second-order valence-electron chi connectivity index (χ2n) is 12.4. The first-order chi connectivity index (χ1) is 14.6. The van der Waals surface area contributed by atoms with Gasteiger partial charge in [-0.15, -0.1) is 0 Å². The van der Waals surface area contributed by atoms with Crippen molar-refractivity contribution in [3.8, 4) is 0 Å². The molecule has 0 amide bonds. The number of carbonyl (C=O) groups is 1. The van der Waals surface area contributed by atoms with Crippen LogP contribution in [0.4, 0.5) is 0 Å². The van der Waals surface area contributed by atoms with Crippen LogP contribution in [0, 0.1) is 46.3 Å². The van der Waals surface area contributed by atoms with Crippen LogP contribution in [0.15, 0.2) is 23.8 Å². The molecule has 174 valence electrons. The molecule has 0 saturated heterocycles. The Balaban J connectivity index is 1.50. The first kappa shape index (κ1) is 23.1. The Morgan fingerprint density at radius 1 is 1.13 bits per heavy atom. The number of rotatable bonds is 5. The molecule has 0 unspecified atom stereocenters. The van der Waals surface area contributed by atoms with Gasteiger partial charge < -0.3 is 4.74 Å². The van der Waals surface area contributed by atoms with Gasteiger partial charge in [-0.05, 0) is 97.7 Å². The Bertz CT molecular complexity index is 733. The van der Waals surface area contributed by atoms with Crippen LogP contribution >= 0.6 is 0 Å². The summed E-state index contributed by atoms with van der Waals surface area (Å²) >= 11 is 0. The quantitative estimate of drug-likeness (QED) is 0.332. The first-order valence-electron chi connectivity index (χ1n) is 13.2. The molecule has 0 aromatic carbocycles. The van der Waals surface area contributed by atoms with Crippen molar-refractivity contribution < 1.29 is 9.53 Å². The van der Waals surface area contributed by atoms with E-state index in [1.807, 2.05) is 0 Å². The molecule has 2 heteroatoms. The fourth-order valence-corrected chi connectivity index (χ4v) is 8.57. The molecule has 0 radical (unpaired) electrons. The average molecular weight is 427 g/mol. The van der Waals surface area contributed by atoms with Crippen LogP contribution in [0.5, 0.6) is 0 Å². The topological polar surface area (TPSA) is 26.3 Å². The zero-order chi connectivity index (χ0) is 22.4. The summed E-state index contributed by atoms with van der Waals surface area (Å²) in [5.41, 5.74) is 2.45. The lowest BCUT2D eigenvalue weighted by Gasteiger charge is -2.58. The number of hydrogen-bond donors (Lipinski definition) is 0. The SMILES string of the molecule is CC(=O)O[C@H]1CC[C@@]2(C)C(=CC[C@@H]3[C@H]4CC[C@@H]([C@@H](C)/C=C/CC(C)C)[C@]4(C)CC[C@H]32)C1. The highest BCUT2D eigenvalue weighted by molar-refractivity contribution is 5.66. The van der Waals surface area contributed by atoms with Gasteiger partial charge >= 0.3 is 5.97 Å². The summed E-state index contributed by atoms with van der Waals surface area (Å²) in [6.07, 6.45) is 19.0. The zero-order valence-corrected chi connectivity index (χ0v) is 21.0. The largest absolute Gasteiger partial charge is 0.462 e. The van der Waals surface area contributed by atoms with E-state index in [0.717, 1.165) is 42.4 Å². The van der Waals surface area contributed by atoms with Gasteiger partial charge in [-0.2, -0.15) is 0 Å². The van der Waals surface area contributed by atoms with Crippen LogP contribution in [0.25, 0.3) is 0 Å². The van der Waals surface area contributed by atoms with E-state index in [2.05, 4.69) is 52.8 Å². The van der Waals surface area contributed by atoms with Crippen molar-refractivity contribution in [2.24, 2.45) is 46.3 Å². The molecule has 3 fully saturated rings. The summed E-state index contributed by atoms with van der Waals surface area (Å²) in [7, 11) is 0. The van der Waals surface area contributed by atoms with Gasteiger partial charge in [0.05, 0.1) is 0 Å². The first-order valence-corrected chi connectivity index (χ1v) is 13.2. The van der Waals surface area contributed by atoms with Crippen molar-refractivity contribution in [2.75, 3.05) is 0 Å². The zero-order valence-electron chi connectivity index (χ0n) is 21.0. The highest BCUT2D eigenvalue weighted by Gasteiger charge is 2.59. The summed E-state index contributed by atoms with van der Waals surface area (Å²) in [6.45, 7) is 13.9. The number of carbonyl (C=O) groups excluding carboxylic acids is 1. The monoisotopic (exact) mass is 426 g/mol. The summed E-state index contributed by atoms with van der Waals surface area (Å²) in [6, 6.07) is 0. The number of fused-ring (bicyclic) bond motifs is 5. The van der Waals surface area contributed by atoms with Crippen LogP contribution < -0.4 is 0 Å².